The zero-order chi connectivity index (χ0) is 19.4. The molecule has 1 N–H and O–H groups in total. The van der Waals surface area contributed by atoms with Gasteiger partial charge in [0.1, 0.15) is 11.2 Å². The van der Waals surface area contributed by atoms with Gasteiger partial charge in [-0.1, -0.05) is 30.3 Å². The summed E-state index contributed by atoms with van der Waals surface area (Å²) in [4.78, 5) is 19.9. The highest BCUT2D eigenvalue weighted by molar-refractivity contribution is 5.94. The minimum Gasteiger partial charge on any atom is -0.450 e. The molecule has 6 rings (SSSR count). The third-order valence-corrected chi connectivity index (χ3v) is 6.39. The summed E-state index contributed by atoms with van der Waals surface area (Å²) in [5, 5.41) is 4.82. The Hall–Kier alpha value is -3.41. The van der Waals surface area contributed by atoms with Crippen LogP contribution >= 0.6 is 0 Å². The summed E-state index contributed by atoms with van der Waals surface area (Å²) in [6, 6.07) is 14.2. The zero-order valence-electron chi connectivity index (χ0n) is 15.8. The van der Waals surface area contributed by atoms with Gasteiger partial charge in [-0.05, 0) is 37.3 Å². The van der Waals surface area contributed by atoms with E-state index < -0.39 is 5.60 Å². The van der Waals surface area contributed by atoms with Gasteiger partial charge in [-0.3, -0.25) is 4.98 Å². The number of esters is 1. The molecule has 4 heterocycles. The van der Waals surface area contributed by atoms with Crippen LogP contribution in [0.3, 0.4) is 0 Å². The van der Waals surface area contributed by atoms with Crippen LogP contribution in [0.2, 0.25) is 0 Å². The summed E-state index contributed by atoms with van der Waals surface area (Å²) in [5.41, 5.74) is 5.43. The third kappa shape index (κ3) is 2.52. The fourth-order valence-electron chi connectivity index (χ4n) is 4.84. The number of rotatable bonds is 2. The van der Waals surface area contributed by atoms with Crippen LogP contribution in [0.1, 0.15) is 53.2 Å². The molecule has 3 aromatic heterocycles. The molecule has 29 heavy (non-hydrogen) atoms. The number of carbonyl (C=O) groups excluding carboxylic acids is 1. The Morgan fingerprint density at radius 1 is 1.14 bits per heavy atom. The molecule has 1 aliphatic carbocycles. The van der Waals surface area contributed by atoms with E-state index in [2.05, 4.69) is 28.2 Å². The Kier molecular flexibility index (Phi) is 3.45. The largest absolute Gasteiger partial charge is 0.450 e. The lowest BCUT2D eigenvalue weighted by molar-refractivity contribution is -0.0312. The first-order chi connectivity index (χ1) is 14.2. The van der Waals surface area contributed by atoms with Gasteiger partial charge >= 0.3 is 5.97 Å². The van der Waals surface area contributed by atoms with E-state index in [1.807, 2.05) is 28.9 Å². The van der Waals surface area contributed by atoms with Gasteiger partial charge in [-0.15, -0.1) is 0 Å². The minimum atomic E-state index is -0.502. The van der Waals surface area contributed by atoms with E-state index in [1.165, 1.54) is 0 Å². The monoisotopic (exact) mass is 384 g/mol. The van der Waals surface area contributed by atoms with Crippen LogP contribution in [0.15, 0.2) is 61.1 Å². The number of benzene rings is 1. The summed E-state index contributed by atoms with van der Waals surface area (Å²) in [6.45, 7) is 0. The van der Waals surface area contributed by atoms with E-state index in [-0.39, 0.29) is 5.97 Å². The smallest absolute Gasteiger partial charge is 0.339 e. The number of fused-ring (bicyclic) bond motifs is 3. The predicted molar refractivity (Wildman–Crippen MR) is 108 cm³/mol. The number of ether oxygens (including phenoxy) is 1. The normalized spacial score (nSPS) is 23.4. The maximum atomic E-state index is 12.3. The number of carbonyl (C=O) groups is 1. The van der Waals surface area contributed by atoms with Gasteiger partial charge in [0, 0.05) is 29.9 Å². The molecular formula is C23H20N4O2. The van der Waals surface area contributed by atoms with Gasteiger partial charge in [0.25, 0.3) is 0 Å². The van der Waals surface area contributed by atoms with Gasteiger partial charge in [0.2, 0.25) is 0 Å². The highest BCUT2D eigenvalue weighted by atomic mass is 16.6. The number of nitrogens with zero attached hydrogens (tertiary/aromatic N) is 3. The van der Waals surface area contributed by atoms with E-state index in [9.17, 15) is 4.79 Å². The Bertz CT molecular complexity index is 1180. The molecule has 1 aliphatic heterocycles. The Morgan fingerprint density at radius 2 is 1.97 bits per heavy atom. The molecular weight excluding hydrogens is 364 g/mol. The van der Waals surface area contributed by atoms with Crippen LogP contribution in [0.5, 0.6) is 0 Å². The first-order valence-electron chi connectivity index (χ1n) is 10.0. The molecule has 144 valence electrons. The molecule has 0 amide bonds. The van der Waals surface area contributed by atoms with Gasteiger partial charge < -0.3 is 9.72 Å². The number of nitrogens with one attached hydrogen (secondary N) is 1. The first-order valence-corrected chi connectivity index (χ1v) is 10.0. The number of H-pyrrole nitrogens is 1. The standard InChI is InChI=1S/C23H20N4O2/c28-22-17-8-11-24-13-18(17)23(29-22)9-6-16(7-10-23)19-12-21-25-20(14-27(21)26-19)15-4-2-1-3-5-15/h1-5,8,11-14,16,25H,6-7,9-10H2. The van der Waals surface area contributed by atoms with Crippen molar-refractivity contribution >= 4 is 11.6 Å². The van der Waals surface area contributed by atoms with Crippen LogP contribution < -0.4 is 0 Å². The maximum Gasteiger partial charge on any atom is 0.339 e. The van der Waals surface area contributed by atoms with Gasteiger partial charge in [0.15, 0.2) is 0 Å². The lowest BCUT2D eigenvalue weighted by atomic mass is 9.74. The van der Waals surface area contributed by atoms with Crippen molar-refractivity contribution in [2.24, 2.45) is 0 Å². The molecule has 6 heteroatoms. The van der Waals surface area contributed by atoms with Crippen molar-refractivity contribution in [1.82, 2.24) is 19.6 Å². The molecule has 4 aromatic rings. The first kappa shape index (κ1) is 16.5. The average molecular weight is 384 g/mol. The number of imidazole rings is 1. The third-order valence-electron chi connectivity index (χ3n) is 6.39. The van der Waals surface area contributed by atoms with Gasteiger partial charge in [0.05, 0.1) is 23.1 Å². The molecule has 1 aromatic carbocycles. The molecule has 2 aliphatic rings. The molecule has 0 unspecified atom stereocenters. The maximum absolute atomic E-state index is 12.3. The van der Waals surface area contributed by atoms with E-state index in [0.29, 0.717) is 11.5 Å². The SMILES string of the molecule is O=C1OC2(CCC(c3cc4[nH]c(-c5ccccc5)cn4n3)CC2)c2cnccc21. The quantitative estimate of drug-likeness (QED) is 0.518. The van der Waals surface area contributed by atoms with E-state index in [0.717, 1.165) is 53.8 Å². The highest BCUT2D eigenvalue weighted by Crippen LogP contribution is 2.49. The van der Waals surface area contributed by atoms with Crippen LogP contribution in [0, 0.1) is 0 Å². The number of pyridine rings is 1. The molecule has 0 saturated heterocycles. The number of aromatic amines is 1. The molecule has 1 spiro atoms. The van der Waals surface area contributed by atoms with Crippen molar-refractivity contribution in [3.05, 3.63) is 77.9 Å². The molecule has 1 fully saturated rings. The summed E-state index contributed by atoms with van der Waals surface area (Å²) in [5.74, 6) is 0.151. The number of hydrogen-bond donors (Lipinski definition) is 1. The van der Waals surface area contributed by atoms with Crippen molar-refractivity contribution in [3.63, 3.8) is 0 Å². The number of aromatic nitrogens is 4. The van der Waals surface area contributed by atoms with Crippen molar-refractivity contribution in [1.29, 1.82) is 0 Å². The molecule has 1 saturated carbocycles. The average Bonchev–Trinajstić information content (AvgIpc) is 3.41. The minimum absolute atomic E-state index is 0.218. The lowest BCUT2D eigenvalue weighted by Gasteiger charge is -2.35. The van der Waals surface area contributed by atoms with Crippen LogP contribution in [0.4, 0.5) is 0 Å². The topological polar surface area (TPSA) is 72.3 Å². The Balaban J connectivity index is 1.24. The van der Waals surface area contributed by atoms with Gasteiger partial charge in [-0.2, -0.15) is 5.10 Å². The molecule has 6 nitrogen and oxygen atoms in total. The van der Waals surface area contributed by atoms with Crippen LogP contribution in [0.25, 0.3) is 16.9 Å². The Morgan fingerprint density at radius 3 is 2.76 bits per heavy atom. The predicted octanol–water partition coefficient (Wildman–Crippen LogP) is 4.45. The summed E-state index contributed by atoms with van der Waals surface area (Å²) < 4.78 is 7.77. The summed E-state index contributed by atoms with van der Waals surface area (Å²) in [6.07, 6.45) is 8.98. The second-order valence-corrected chi connectivity index (χ2v) is 8.01. The van der Waals surface area contributed by atoms with Crippen LogP contribution in [-0.2, 0) is 10.3 Å². The van der Waals surface area contributed by atoms with Crippen molar-refractivity contribution < 1.29 is 9.53 Å². The van der Waals surface area contributed by atoms with Crippen molar-refractivity contribution in [3.8, 4) is 11.3 Å². The molecule has 0 radical (unpaired) electrons. The van der Waals surface area contributed by atoms with E-state index >= 15 is 0 Å². The van der Waals surface area contributed by atoms with Crippen molar-refractivity contribution in [2.45, 2.75) is 37.2 Å². The molecule has 0 atom stereocenters. The fraction of sp³-hybridized carbons (Fsp3) is 0.261. The van der Waals surface area contributed by atoms with Crippen LogP contribution in [-0.4, -0.2) is 25.6 Å². The highest BCUT2D eigenvalue weighted by Gasteiger charge is 2.48. The van der Waals surface area contributed by atoms with Gasteiger partial charge in [-0.25, -0.2) is 9.31 Å². The summed E-state index contributed by atoms with van der Waals surface area (Å²) >= 11 is 0. The van der Waals surface area contributed by atoms with Crippen molar-refractivity contribution in [2.75, 3.05) is 0 Å². The lowest BCUT2D eigenvalue weighted by Crippen LogP contribution is -2.31. The fourth-order valence-corrected chi connectivity index (χ4v) is 4.84. The Labute approximate surface area is 167 Å². The second kappa shape index (κ2) is 6.04. The number of hydrogen-bond acceptors (Lipinski definition) is 4. The van der Waals surface area contributed by atoms with E-state index in [1.54, 1.807) is 18.5 Å². The second-order valence-electron chi connectivity index (χ2n) is 8.01. The molecule has 0 bridgehead atoms. The summed E-state index contributed by atoms with van der Waals surface area (Å²) in [7, 11) is 0. The zero-order valence-corrected chi connectivity index (χ0v) is 15.8. The van der Waals surface area contributed by atoms with E-state index in [4.69, 9.17) is 9.84 Å².